The Morgan fingerprint density at radius 3 is 2.14 bits per heavy atom. The summed E-state index contributed by atoms with van der Waals surface area (Å²) in [6.45, 7) is 5.05. The quantitative estimate of drug-likeness (QED) is 0.0679. The van der Waals surface area contributed by atoms with Crippen molar-refractivity contribution >= 4 is 29.5 Å². The second-order valence-electron chi connectivity index (χ2n) is 14.9. The number of aryl methyl sites for hydroxylation is 2. The zero-order chi connectivity index (χ0) is 46.3. The largest absolute Gasteiger partial charge is 0.492 e. The number of ether oxygens (including phenoxy) is 2. The van der Waals surface area contributed by atoms with Crippen LogP contribution < -0.4 is 47.9 Å². The van der Waals surface area contributed by atoms with Crippen molar-refractivity contribution in [3.63, 3.8) is 0 Å². The van der Waals surface area contributed by atoms with Crippen LogP contribution in [0.4, 0.5) is 0 Å². The molecule has 2 heterocycles. The zero-order valence-corrected chi connectivity index (χ0v) is 36.2. The Labute approximate surface area is 371 Å². The van der Waals surface area contributed by atoms with E-state index in [4.69, 9.17) is 31.9 Å². The van der Waals surface area contributed by atoms with Gasteiger partial charge >= 0.3 is 0 Å². The Morgan fingerprint density at radius 2 is 1.52 bits per heavy atom. The number of nitriles is 1. The molecule has 0 radical (unpaired) electrons. The molecule has 0 fully saturated rings. The first-order valence-electron chi connectivity index (χ1n) is 20.7. The SMILES string of the molecule is Cc1nc(C#Cc2ccccc2)nc(C)c1C(=O)NC(CCN)C(=O)N(C)C1C(=O)NC(C)C(=O)NC(C(=O)NCC#N)Cc2ccc(OCCN)c(c2)-c2cc1ccc2OCCN. The second-order valence-corrected chi connectivity index (χ2v) is 14.9. The number of rotatable bonds is 14. The predicted molar refractivity (Wildman–Crippen MR) is 237 cm³/mol. The number of fused-ring (bicyclic) bond motifs is 5. The molecule has 3 aromatic carbocycles. The van der Waals surface area contributed by atoms with Gasteiger partial charge in [0.25, 0.3) is 5.91 Å². The van der Waals surface area contributed by atoms with Crippen molar-refractivity contribution in [3.8, 4) is 40.5 Å². The number of amides is 5. The van der Waals surface area contributed by atoms with Gasteiger partial charge in [0.2, 0.25) is 29.5 Å². The van der Waals surface area contributed by atoms with E-state index in [0.717, 1.165) is 5.56 Å². The van der Waals surface area contributed by atoms with Gasteiger partial charge in [-0.1, -0.05) is 36.3 Å². The van der Waals surface area contributed by atoms with Crippen LogP contribution in [0.15, 0.2) is 66.7 Å². The molecule has 4 atom stereocenters. The minimum absolute atomic E-state index is 0.00168. The molecule has 4 aromatic rings. The molecule has 5 rings (SSSR count). The number of nitrogens with one attached hydrogen (secondary N) is 4. The summed E-state index contributed by atoms with van der Waals surface area (Å²) in [6, 6.07) is 16.3. The van der Waals surface area contributed by atoms with Crippen LogP contribution in [-0.2, 0) is 25.6 Å². The third kappa shape index (κ3) is 12.0. The van der Waals surface area contributed by atoms with Gasteiger partial charge in [0.05, 0.1) is 23.0 Å². The van der Waals surface area contributed by atoms with Gasteiger partial charge in [0.1, 0.15) is 55.4 Å². The monoisotopic (exact) mass is 871 g/mol. The summed E-state index contributed by atoms with van der Waals surface area (Å²) in [5, 5.41) is 19.8. The number of nitrogens with zero attached hydrogens (tertiary/aromatic N) is 4. The maximum atomic E-state index is 14.6. The van der Waals surface area contributed by atoms with Crippen LogP contribution in [0.1, 0.15) is 63.6 Å². The lowest BCUT2D eigenvalue weighted by Gasteiger charge is -2.32. The summed E-state index contributed by atoms with van der Waals surface area (Å²) in [5.41, 5.74) is 21.1. The first-order valence-corrected chi connectivity index (χ1v) is 20.7. The lowest BCUT2D eigenvalue weighted by Crippen LogP contribution is -2.56. The Kier molecular flexibility index (Phi) is 16.9. The highest BCUT2D eigenvalue weighted by Crippen LogP contribution is 2.40. The molecule has 18 nitrogen and oxygen atoms in total. The number of benzene rings is 3. The minimum Gasteiger partial charge on any atom is -0.492 e. The average molecular weight is 872 g/mol. The predicted octanol–water partition coefficient (Wildman–Crippen LogP) is 0.668. The topological polar surface area (TPSA) is 283 Å². The van der Waals surface area contributed by atoms with E-state index < -0.39 is 53.7 Å². The van der Waals surface area contributed by atoms with Crippen LogP contribution in [0.5, 0.6) is 11.5 Å². The maximum Gasteiger partial charge on any atom is 0.255 e. The fourth-order valence-electron chi connectivity index (χ4n) is 7.11. The van der Waals surface area contributed by atoms with Gasteiger partial charge in [0.15, 0.2) is 0 Å². The Bertz CT molecular complexity index is 2440. The summed E-state index contributed by atoms with van der Waals surface area (Å²) >= 11 is 0. The van der Waals surface area contributed by atoms with E-state index in [-0.39, 0.29) is 63.6 Å². The van der Waals surface area contributed by atoms with Crippen molar-refractivity contribution in [1.29, 1.82) is 5.26 Å². The second kappa shape index (κ2) is 22.6. The first kappa shape index (κ1) is 47.7. The number of hydrogen-bond donors (Lipinski definition) is 7. The van der Waals surface area contributed by atoms with Gasteiger partial charge in [0, 0.05) is 43.2 Å². The van der Waals surface area contributed by atoms with Crippen molar-refractivity contribution in [2.75, 3.05) is 46.4 Å². The molecular formula is C46H53N11O7. The van der Waals surface area contributed by atoms with Gasteiger partial charge < -0.3 is 52.8 Å². The van der Waals surface area contributed by atoms with Gasteiger partial charge in [-0.3, -0.25) is 24.0 Å². The van der Waals surface area contributed by atoms with E-state index in [2.05, 4.69) is 43.1 Å². The van der Waals surface area contributed by atoms with Crippen molar-refractivity contribution in [2.45, 2.75) is 57.8 Å². The van der Waals surface area contributed by atoms with Crippen LogP contribution in [0.25, 0.3) is 11.1 Å². The summed E-state index contributed by atoms with van der Waals surface area (Å²) in [7, 11) is 1.40. The fourth-order valence-corrected chi connectivity index (χ4v) is 7.11. The molecule has 5 amide bonds. The Balaban J connectivity index is 1.57. The van der Waals surface area contributed by atoms with E-state index in [1.165, 1.54) is 18.9 Å². The fraction of sp³-hybridized carbons (Fsp3) is 0.348. The van der Waals surface area contributed by atoms with Crippen LogP contribution >= 0.6 is 0 Å². The summed E-state index contributed by atoms with van der Waals surface area (Å²) in [5.74, 6) is 3.50. The van der Waals surface area contributed by atoms with Crippen LogP contribution in [0.3, 0.4) is 0 Å². The van der Waals surface area contributed by atoms with Crippen molar-refractivity contribution in [2.24, 2.45) is 17.2 Å². The summed E-state index contributed by atoms with van der Waals surface area (Å²) in [6.07, 6.45) is -0.0129. The first-order chi connectivity index (χ1) is 30.8. The van der Waals surface area contributed by atoms with Gasteiger partial charge in [-0.05, 0) is 87.2 Å². The van der Waals surface area contributed by atoms with Crippen molar-refractivity contribution < 1.29 is 33.4 Å². The third-order valence-electron chi connectivity index (χ3n) is 10.2. The van der Waals surface area contributed by atoms with E-state index in [9.17, 15) is 24.0 Å². The molecule has 0 saturated carbocycles. The highest BCUT2D eigenvalue weighted by atomic mass is 16.5. The third-order valence-corrected chi connectivity index (χ3v) is 10.2. The molecule has 0 aliphatic carbocycles. The molecule has 4 bridgehead atoms. The van der Waals surface area contributed by atoms with Crippen LogP contribution in [0, 0.1) is 37.0 Å². The molecule has 1 aliphatic rings. The van der Waals surface area contributed by atoms with E-state index in [0.29, 0.717) is 45.1 Å². The molecule has 0 saturated heterocycles. The number of hydrogen-bond acceptors (Lipinski definition) is 13. The number of nitrogens with two attached hydrogens (primary N) is 3. The number of carbonyl (C=O) groups excluding carboxylic acids is 5. The molecule has 18 heteroatoms. The molecule has 1 aliphatic heterocycles. The number of likely N-dealkylation sites (N-methyl/N-ethyl adjacent to an activating group) is 1. The number of carbonyl (C=O) groups is 5. The molecule has 334 valence electrons. The normalized spacial score (nSPS) is 16.2. The molecule has 64 heavy (non-hydrogen) atoms. The van der Waals surface area contributed by atoms with Crippen LogP contribution in [-0.4, -0.2) is 109 Å². The molecular weight excluding hydrogens is 819 g/mol. The van der Waals surface area contributed by atoms with E-state index in [1.54, 1.807) is 50.2 Å². The van der Waals surface area contributed by atoms with Gasteiger partial charge in [-0.15, -0.1) is 0 Å². The lowest BCUT2D eigenvalue weighted by molar-refractivity contribution is -0.141. The number of aromatic nitrogens is 2. The Hall–Kier alpha value is -7.38. The van der Waals surface area contributed by atoms with Gasteiger partial charge in [-0.2, -0.15) is 5.26 Å². The minimum atomic E-state index is -1.41. The lowest BCUT2D eigenvalue weighted by atomic mass is 9.93. The van der Waals surface area contributed by atoms with Crippen LogP contribution in [0.2, 0.25) is 0 Å². The van der Waals surface area contributed by atoms with Crippen molar-refractivity contribution in [1.82, 2.24) is 36.1 Å². The smallest absolute Gasteiger partial charge is 0.255 e. The Morgan fingerprint density at radius 1 is 0.875 bits per heavy atom. The molecule has 1 aromatic heterocycles. The summed E-state index contributed by atoms with van der Waals surface area (Å²) in [4.78, 5) is 80.2. The maximum absolute atomic E-state index is 14.6. The van der Waals surface area contributed by atoms with Gasteiger partial charge in [-0.25, -0.2) is 9.97 Å². The average Bonchev–Trinajstić information content (AvgIpc) is 3.28. The molecule has 10 N–H and O–H groups in total. The molecule has 0 spiro atoms. The highest BCUT2D eigenvalue weighted by Gasteiger charge is 2.36. The highest BCUT2D eigenvalue weighted by molar-refractivity contribution is 6.00. The molecule has 4 unspecified atom stereocenters. The summed E-state index contributed by atoms with van der Waals surface area (Å²) < 4.78 is 12.2. The van der Waals surface area contributed by atoms with Crippen molar-refractivity contribution in [3.05, 3.63) is 106 Å². The zero-order valence-electron chi connectivity index (χ0n) is 36.2. The standard InChI is InChI=1S/C46H53N11O7/c1-27-40(28(2)53-39(52-27)15-11-30-8-6-5-7-9-30)44(60)55-35(16-17-47)46(62)57(4)41-32-12-14-38(64-23-20-50)34(26-32)33-24-31(10-13-37(33)63-22-19-49)25-36(43(59)51-21-18-48)56-42(58)29(3)54-45(41)61/h5-10,12-14,24,26,29,35-36,41H,16-17,19-23,25,47,49-50H2,1-4H3,(H,51,59)(H,54,61)(H,55,60)(H,56,58). The van der Waals surface area contributed by atoms with E-state index in [1.807, 2.05) is 36.4 Å². The van der Waals surface area contributed by atoms with E-state index >= 15 is 0 Å².